The van der Waals surface area contributed by atoms with Gasteiger partial charge in [-0.15, -0.1) is 0 Å². The third-order valence-electron chi connectivity index (χ3n) is 3.21. The highest BCUT2D eigenvalue weighted by Crippen LogP contribution is 2.36. The minimum atomic E-state index is -0.671. The van der Waals surface area contributed by atoms with E-state index in [1.54, 1.807) is 18.2 Å². The van der Waals surface area contributed by atoms with E-state index >= 15 is 0 Å². The zero-order valence-corrected chi connectivity index (χ0v) is 13.6. The Hall–Kier alpha value is -2.94. The summed E-state index contributed by atoms with van der Waals surface area (Å²) in [6, 6.07) is 9.08. The van der Waals surface area contributed by atoms with Crippen LogP contribution < -0.4 is 14.9 Å². The average Bonchev–Trinajstić information content (AvgIpc) is 3.01. The lowest BCUT2D eigenvalue weighted by Gasteiger charge is -2.03. The van der Waals surface area contributed by atoms with Gasteiger partial charge in [0.2, 0.25) is 6.79 Å². The van der Waals surface area contributed by atoms with Crippen LogP contribution in [-0.4, -0.2) is 23.8 Å². The maximum absolute atomic E-state index is 12.0. The zero-order chi connectivity index (χ0) is 17.1. The van der Waals surface area contributed by atoms with E-state index in [1.807, 2.05) is 0 Å². The molecule has 2 aromatic rings. The minimum absolute atomic E-state index is 0.0654. The second kappa shape index (κ2) is 6.67. The number of halogens is 1. The number of fused-ring (bicyclic) bond motifs is 1. The van der Waals surface area contributed by atoms with Crippen molar-refractivity contribution >= 4 is 33.7 Å². The first kappa shape index (κ1) is 15.9. The molecule has 0 bridgehead atoms. The summed E-state index contributed by atoms with van der Waals surface area (Å²) in [5.74, 6) is 0.517. The smallest absolute Gasteiger partial charge is 0.282 e. The number of nitro benzene ring substituents is 1. The molecule has 0 spiro atoms. The molecule has 0 aromatic heterocycles. The van der Waals surface area contributed by atoms with Crippen LogP contribution in [-0.2, 0) is 0 Å². The van der Waals surface area contributed by atoms with Gasteiger partial charge < -0.3 is 9.47 Å². The normalized spacial score (nSPS) is 12.4. The molecular weight excluding hydrogens is 382 g/mol. The number of hydrogen-bond acceptors (Lipinski definition) is 6. The molecule has 122 valence electrons. The average molecular weight is 392 g/mol. The van der Waals surface area contributed by atoms with Gasteiger partial charge >= 0.3 is 0 Å². The van der Waals surface area contributed by atoms with Crippen molar-refractivity contribution in [2.24, 2.45) is 5.10 Å². The molecule has 2 aromatic carbocycles. The number of nitrogens with one attached hydrogen (secondary N) is 1. The Balaban J connectivity index is 1.75. The topological polar surface area (TPSA) is 103 Å². The van der Waals surface area contributed by atoms with Gasteiger partial charge in [-0.3, -0.25) is 14.9 Å². The Morgan fingerprint density at radius 2 is 2.00 bits per heavy atom. The largest absolute Gasteiger partial charge is 0.454 e. The molecule has 24 heavy (non-hydrogen) atoms. The number of hydrazone groups is 1. The molecule has 0 atom stereocenters. The standard InChI is InChI=1S/C15H10BrN3O5/c16-11-6-14-13(23-8-24-14)5-9(11)7-17-18-15(20)10-3-1-2-4-12(10)19(21)22/h1-7H,8H2,(H,18,20)/b17-7-. The van der Waals surface area contributed by atoms with E-state index in [2.05, 4.69) is 26.5 Å². The molecule has 0 fully saturated rings. The van der Waals surface area contributed by atoms with Gasteiger partial charge in [0.15, 0.2) is 11.5 Å². The number of nitrogens with zero attached hydrogens (tertiary/aromatic N) is 2. The second-order valence-corrected chi connectivity index (χ2v) is 5.55. The lowest BCUT2D eigenvalue weighted by atomic mass is 10.2. The van der Waals surface area contributed by atoms with E-state index in [0.29, 0.717) is 21.5 Å². The Kier molecular flexibility index (Phi) is 4.43. The number of nitro groups is 1. The van der Waals surface area contributed by atoms with E-state index in [-0.39, 0.29) is 18.0 Å². The molecule has 0 saturated heterocycles. The molecule has 1 aliphatic rings. The summed E-state index contributed by atoms with van der Waals surface area (Å²) in [7, 11) is 0. The number of rotatable bonds is 4. The molecule has 1 heterocycles. The van der Waals surface area contributed by atoms with Gasteiger partial charge in [0.1, 0.15) is 5.56 Å². The quantitative estimate of drug-likeness (QED) is 0.490. The fraction of sp³-hybridized carbons (Fsp3) is 0.0667. The van der Waals surface area contributed by atoms with Crippen molar-refractivity contribution in [1.82, 2.24) is 5.43 Å². The summed E-state index contributed by atoms with van der Waals surface area (Å²) in [4.78, 5) is 22.4. The highest BCUT2D eigenvalue weighted by molar-refractivity contribution is 9.10. The van der Waals surface area contributed by atoms with Crippen molar-refractivity contribution in [2.75, 3.05) is 6.79 Å². The Morgan fingerprint density at radius 3 is 2.75 bits per heavy atom. The lowest BCUT2D eigenvalue weighted by Crippen LogP contribution is -2.19. The number of benzene rings is 2. The van der Waals surface area contributed by atoms with Crippen LogP contribution in [0.5, 0.6) is 11.5 Å². The summed E-state index contributed by atoms with van der Waals surface area (Å²) >= 11 is 3.36. The lowest BCUT2D eigenvalue weighted by molar-refractivity contribution is -0.385. The van der Waals surface area contributed by atoms with Crippen molar-refractivity contribution in [3.8, 4) is 11.5 Å². The molecule has 1 aliphatic heterocycles. The predicted octanol–water partition coefficient (Wildman–Crippen LogP) is 2.85. The number of para-hydroxylation sites is 1. The van der Waals surface area contributed by atoms with Crippen molar-refractivity contribution in [1.29, 1.82) is 0 Å². The highest BCUT2D eigenvalue weighted by atomic mass is 79.9. The number of hydrogen-bond donors (Lipinski definition) is 1. The van der Waals surface area contributed by atoms with Gasteiger partial charge in [0.05, 0.1) is 11.1 Å². The Labute approximate surface area is 144 Å². The number of amides is 1. The van der Waals surface area contributed by atoms with Crippen LogP contribution in [0.25, 0.3) is 0 Å². The summed E-state index contributed by atoms with van der Waals surface area (Å²) < 4.78 is 11.2. The predicted molar refractivity (Wildman–Crippen MR) is 88.4 cm³/mol. The van der Waals surface area contributed by atoms with Gasteiger partial charge in [-0.05, 0) is 34.1 Å². The highest BCUT2D eigenvalue weighted by Gasteiger charge is 2.19. The maximum Gasteiger partial charge on any atom is 0.282 e. The van der Waals surface area contributed by atoms with Crippen LogP contribution in [0.15, 0.2) is 46.0 Å². The van der Waals surface area contributed by atoms with Crippen molar-refractivity contribution < 1.29 is 19.2 Å². The van der Waals surface area contributed by atoms with Crippen LogP contribution in [0, 0.1) is 10.1 Å². The Bertz CT molecular complexity index is 853. The van der Waals surface area contributed by atoms with E-state index in [9.17, 15) is 14.9 Å². The van der Waals surface area contributed by atoms with Gasteiger partial charge in [-0.25, -0.2) is 5.43 Å². The van der Waals surface area contributed by atoms with Gasteiger partial charge in [-0.2, -0.15) is 5.10 Å². The third kappa shape index (κ3) is 3.20. The maximum atomic E-state index is 12.0. The molecule has 0 saturated carbocycles. The molecular formula is C15H10BrN3O5. The van der Waals surface area contributed by atoms with Crippen molar-refractivity contribution in [2.45, 2.75) is 0 Å². The molecule has 8 nitrogen and oxygen atoms in total. The summed E-state index contributed by atoms with van der Waals surface area (Å²) in [6.45, 7) is 0.150. The molecule has 1 amide bonds. The fourth-order valence-corrected chi connectivity index (χ4v) is 2.50. The van der Waals surface area contributed by atoms with Crippen LogP contribution in [0.3, 0.4) is 0 Å². The number of ether oxygens (including phenoxy) is 2. The first-order chi connectivity index (χ1) is 11.6. The van der Waals surface area contributed by atoms with Crippen LogP contribution in [0.4, 0.5) is 5.69 Å². The Morgan fingerprint density at radius 1 is 1.29 bits per heavy atom. The summed E-state index contributed by atoms with van der Waals surface area (Å²) in [6.07, 6.45) is 1.40. The number of carbonyl (C=O) groups is 1. The van der Waals surface area contributed by atoms with E-state index < -0.39 is 10.8 Å². The van der Waals surface area contributed by atoms with Gasteiger partial charge in [0, 0.05) is 16.1 Å². The molecule has 0 aliphatic carbocycles. The van der Waals surface area contributed by atoms with Gasteiger partial charge in [-0.1, -0.05) is 12.1 Å². The van der Waals surface area contributed by atoms with E-state index in [0.717, 1.165) is 0 Å². The molecule has 9 heteroatoms. The molecule has 0 radical (unpaired) electrons. The van der Waals surface area contributed by atoms with Crippen molar-refractivity contribution in [3.63, 3.8) is 0 Å². The third-order valence-corrected chi connectivity index (χ3v) is 3.89. The monoisotopic (exact) mass is 391 g/mol. The van der Waals surface area contributed by atoms with Gasteiger partial charge in [0.25, 0.3) is 11.6 Å². The van der Waals surface area contributed by atoms with E-state index in [1.165, 1.54) is 24.4 Å². The van der Waals surface area contributed by atoms with Crippen LogP contribution in [0.1, 0.15) is 15.9 Å². The molecule has 0 unspecified atom stereocenters. The first-order valence-electron chi connectivity index (χ1n) is 6.72. The van der Waals surface area contributed by atoms with Crippen molar-refractivity contribution in [3.05, 3.63) is 62.1 Å². The van der Waals surface area contributed by atoms with Crippen LogP contribution >= 0.6 is 15.9 Å². The number of carbonyl (C=O) groups excluding carboxylic acids is 1. The first-order valence-corrected chi connectivity index (χ1v) is 7.51. The summed E-state index contributed by atoms with van der Waals surface area (Å²) in [5, 5.41) is 14.8. The molecule has 3 rings (SSSR count). The zero-order valence-electron chi connectivity index (χ0n) is 12.1. The summed E-state index contributed by atoms with van der Waals surface area (Å²) in [5.41, 5.74) is 2.58. The minimum Gasteiger partial charge on any atom is -0.454 e. The second-order valence-electron chi connectivity index (χ2n) is 4.70. The SMILES string of the molecule is O=C(N/N=C\c1cc2c(cc1Br)OCO2)c1ccccc1[N+](=O)[O-]. The fourth-order valence-electron chi connectivity index (χ4n) is 2.08. The van der Waals surface area contributed by atoms with E-state index in [4.69, 9.17) is 9.47 Å². The molecule has 1 N–H and O–H groups in total. The van der Waals surface area contributed by atoms with Crippen LogP contribution in [0.2, 0.25) is 0 Å².